The summed E-state index contributed by atoms with van der Waals surface area (Å²) in [6.07, 6.45) is 3.88. The molecule has 0 amide bonds. The maximum atomic E-state index is 9.96. The van der Waals surface area contributed by atoms with Gasteiger partial charge in [-0.25, -0.2) is 0 Å². The third-order valence-corrected chi connectivity index (χ3v) is 9.50. The maximum absolute atomic E-state index is 9.96. The van der Waals surface area contributed by atoms with Crippen LogP contribution in [0.1, 0.15) is 58.2 Å². The van der Waals surface area contributed by atoms with E-state index in [1.165, 1.54) is 11.1 Å². The minimum Gasteiger partial charge on any atom is -0.500 e. The summed E-state index contributed by atoms with van der Waals surface area (Å²) in [5, 5.41) is 11.9. The van der Waals surface area contributed by atoms with Crippen molar-refractivity contribution < 1.29 is 24.5 Å². The first-order valence-corrected chi connectivity index (χ1v) is 17.9. The number of hydrogen-bond donors (Lipinski definition) is 0. The van der Waals surface area contributed by atoms with Crippen molar-refractivity contribution in [3.63, 3.8) is 0 Å². The second-order valence-electron chi connectivity index (χ2n) is 15.3. The van der Waals surface area contributed by atoms with Crippen molar-refractivity contribution in [2.24, 2.45) is 0 Å². The number of furan rings is 1. The maximum Gasteiger partial charge on any atom is 0.130 e. The zero-order valence-corrected chi connectivity index (χ0v) is 33.8. The minimum atomic E-state index is 0. The number of rotatable bonds is 4. The third kappa shape index (κ3) is 7.97. The molecule has 8 aromatic rings. The van der Waals surface area contributed by atoms with E-state index < -0.39 is 0 Å². The average molecular weight is 880 g/mol. The molecule has 5 heteroatoms. The summed E-state index contributed by atoms with van der Waals surface area (Å²) in [6, 6.07) is 51.5. The fourth-order valence-electron chi connectivity index (χ4n) is 6.37. The van der Waals surface area contributed by atoms with Crippen molar-refractivity contribution in [3.8, 4) is 50.8 Å². The number of fused-ring (bicyclic) bond motifs is 3. The van der Waals surface area contributed by atoms with Gasteiger partial charge in [-0.05, 0) is 56.1 Å². The van der Waals surface area contributed by atoms with Crippen molar-refractivity contribution in [2.75, 3.05) is 0 Å². The number of nitrogens with zero attached hydrogens (tertiary/aromatic N) is 3. The Hall–Kier alpha value is -5.66. The van der Waals surface area contributed by atoms with Crippen LogP contribution in [0.3, 0.4) is 0 Å². The summed E-state index contributed by atoms with van der Waals surface area (Å²) < 4.78 is 6.56. The predicted octanol–water partition coefficient (Wildman–Crippen LogP) is 12.8. The van der Waals surface area contributed by atoms with Crippen LogP contribution in [0.2, 0.25) is 0 Å². The first-order chi connectivity index (χ1) is 25.5. The molecule has 0 fully saturated rings. The van der Waals surface area contributed by atoms with E-state index in [-0.39, 0.29) is 30.9 Å². The van der Waals surface area contributed by atoms with Crippen LogP contribution in [0.4, 0.5) is 0 Å². The van der Waals surface area contributed by atoms with Crippen LogP contribution in [0.25, 0.3) is 66.7 Å². The first kappa shape index (κ1) is 38.1. The Labute approximate surface area is 331 Å². The molecule has 0 aliphatic heterocycles. The fraction of sp³-hybridized carbons (Fsp3) is 0.163. The van der Waals surface area contributed by atoms with Crippen LogP contribution >= 0.6 is 0 Å². The second kappa shape index (κ2) is 15.7. The summed E-state index contributed by atoms with van der Waals surface area (Å²) in [5.41, 5.74) is 12.3. The van der Waals surface area contributed by atoms with E-state index in [9.17, 15) is 5.26 Å². The van der Waals surface area contributed by atoms with Gasteiger partial charge in [0.05, 0.1) is 17.2 Å². The molecular formula is C49H41IrN3O-2. The summed E-state index contributed by atoms with van der Waals surface area (Å²) in [4.78, 5) is 9.23. The van der Waals surface area contributed by atoms with Crippen LogP contribution < -0.4 is 0 Å². The number of nitriles is 1. The zero-order chi connectivity index (χ0) is 37.2. The number of pyridine rings is 2. The molecule has 8 rings (SSSR count). The molecule has 3 heterocycles. The SMILES string of the molecule is CC(C)(C)c1ccc(-c2[c-]ccc3c2oc2c(-c4ccc(-c5ccccc5)cc4)c(C#N)ccc23)nc1.CC(C)(C)c1ccc(-c2[c-]cccc2)nc1.[Ir]. The average Bonchev–Trinajstić information content (AvgIpc) is 3.57. The van der Waals surface area contributed by atoms with Gasteiger partial charge in [0.25, 0.3) is 0 Å². The molecule has 0 bridgehead atoms. The van der Waals surface area contributed by atoms with Gasteiger partial charge in [0.1, 0.15) is 5.58 Å². The van der Waals surface area contributed by atoms with Gasteiger partial charge in [0.15, 0.2) is 0 Å². The van der Waals surface area contributed by atoms with E-state index in [2.05, 4.69) is 119 Å². The number of aromatic nitrogens is 2. The van der Waals surface area contributed by atoms with E-state index in [4.69, 9.17) is 9.40 Å². The Morgan fingerprint density at radius 3 is 1.72 bits per heavy atom. The smallest absolute Gasteiger partial charge is 0.130 e. The van der Waals surface area contributed by atoms with Crippen molar-refractivity contribution in [2.45, 2.75) is 52.4 Å². The standard InChI is InChI=1S/C34H25N2O.C15H16N.Ir/c1-34(2,3)26-17-19-30(36-21-26)29-11-7-10-27-28-18-16-25(20-35)31(33(28)37-32(27)29)24-14-12-23(13-15-24)22-8-5-4-6-9-22;1-15(2,3)13-9-10-14(16-11-13)12-7-5-4-6-8-12;/h4-10,12-19,21H,1-3H3;4-7,9-11H,1-3H3;/q2*-1;. The van der Waals surface area contributed by atoms with Crippen molar-refractivity contribution in [3.05, 3.63) is 169 Å². The molecule has 0 N–H and O–H groups in total. The molecule has 0 atom stereocenters. The quantitative estimate of drug-likeness (QED) is 0.165. The molecule has 0 saturated heterocycles. The molecular weight excluding hydrogens is 839 g/mol. The Balaban J connectivity index is 0.000000246. The van der Waals surface area contributed by atoms with E-state index in [0.717, 1.165) is 61.1 Å². The minimum absolute atomic E-state index is 0. The van der Waals surface area contributed by atoms with E-state index in [0.29, 0.717) is 11.1 Å². The molecule has 0 aliphatic carbocycles. The summed E-state index contributed by atoms with van der Waals surface area (Å²) in [5.74, 6) is 0. The van der Waals surface area contributed by atoms with Gasteiger partial charge in [-0.1, -0.05) is 137 Å². The molecule has 1 radical (unpaired) electrons. The molecule has 3 aromatic heterocycles. The van der Waals surface area contributed by atoms with Gasteiger partial charge >= 0.3 is 0 Å². The van der Waals surface area contributed by atoms with Crippen molar-refractivity contribution >= 4 is 21.9 Å². The molecule has 0 spiro atoms. The van der Waals surface area contributed by atoms with Gasteiger partial charge in [-0.15, -0.1) is 54.1 Å². The summed E-state index contributed by atoms with van der Waals surface area (Å²) in [7, 11) is 0. The van der Waals surface area contributed by atoms with Crippen LogP contribution in [-0.2, 0) is 30.9 Å². The molecule has 0 saturated carbocycles. The van der Waals surface area contributed by atoms with Crippen LogP contribution in [0.5, 0.6) is 0 Å². The Morgan fingerprint density at radius 1 is 0.556 bits per heavy atom. The normalized spacial score (nSPS) is 11.4. The van der Waals surface area contributed by atoms with Gasteiger partial charge in [0.2, 0.25) is 0 Å². The molecule has 0 unspecified atom stereocenters. The molecule has 269 valence electrons. The molecule has 4 nitrogen and oxygen atoms in total. The van der Waals surface area contributed by atoms with Crippen LogP contribution in [0.15, 0.2) is 144 Å². The fourth-order valence-corrected chi connectivity index (χ4v) is 6.37. The van der Waals surface area contributed by atoms with Crippen LogP contribution in [0, 0.1) is 23.5 Å². The van der Waals surface area contributed by atoms with E-state index in [1.54, 1.807) is 0 Å². The molecule has 54 heavy (non-hydrogen) atoms. The van der Waals surface area contributed by atoms with Crippen molar-refractivity contribution in [1.29, 1.82) is 5.26 Å². The third-order valence-electron chi connectivity index (χ3n) is 9.50. The molecule has 0 aliphatic rings. The van der Waals surface area contributed by atoms with Crippen LogP contribution in [-0.4, -0.2) is 9.97 Å². The van der Waals surface area contributed by atoms with Gasteiger partial charge in [-0.3, -0.25) is 0 Å². The second-order valence-corrected chi connectivity index (χ2v) is 15.3. The van der Waals surface area contributed by atoms with Gasteiger partial charge < -0.3 is 14.4 Å². The Morgan fingerprint density at radius 2 is 1.15 bits per heavy atom. The molecule has 5 aromatic carbocycles. The summed E-state index contributed by atoms with van der Waals surface area (Å²) in [6.45, 7) is 13.1. The Kier molecular flexibility index (Phi) is 11.1. The zero-order valence-electron chi connectivity index (χ0n) is 31.4. The number of hydrogen-bond acceptors (Lipinski definition) is 4. The monoisotopic (exact) mass is 880 g/mol. The Bertz CT molecular complexity index is 2540. The van der Waals surface area contributed by atoms with Gasteiger partial charge in [-0.2, -0.15) is 5.26 Å². The van der Waals surface area contributed by atoms with Gasteiger partial charge in [0, 0.05) is 43.4 Å². The van der Waals surface area contributed by atoms with Crippen molar-refractivity contribution in [1.82, 2.24) is 9.97 Å². The topological polar surface area (TPSA) is 62.7 Å². The first-order valence-electron chi connectivity index (χ1n) is 17.9. The van der Waals surface area contributed by atoms with E-state index >= 15 is 0 Å². The predicted molar refractivity (Wildman–Crippen MR) is 217 cm³/mol. The van der Waals surface area contributed by atoms with E-state index in [1.807, 2.05) is 85.2 Å². The summed E-state index contributed by atoms with van der Waals surface area (Å²) >= 11 is 0. The largest absolute Gasteiger partial charge is 0.500 e. The number of benzene rings is 5.